The molecule has 1 atom stereocenters. The molecule has 6 nitrogen and oxygen atoms in total. The van der Waals surface area contributed by atoms with Gasteiger partial charge in [0.15, 0.2) is 0 Å². The lowest BCUT2D eigenvalue weighted by Gasteiger charge is -2.24. The molecule has 2 aromatic rings. The zero-order chi connectivity index (χ0) is 18.4. The fourth-order valence-electron chi connectivity index (χ4n) is 2.53. The Balaban J connectivity index is 2.00. The molecular formula is C19H22N2O4. The summed E-state index contributed by atoms with van der Waals surface area (Å²) in [5.74, 6) is -0.123. The van der Waals surface area contributed by atoms with Gasteiger partial charge < -0.3 is 10.0 Å². The lowest BCUT2D eigenvalue weighted by molar-refractivity contribution is -0.384. The highest BCUT2D eigenvalue weighted by molar-refractivity contribution is 5.78. The number of rotatable bonds is 7. The molecule has 0 aliphatic heterocycles. The van der Waals surface area contributed by atoms with E-state index < -0.39 is 11.0 Å². The van der Waals surface area contributed by atoms with Crippen LogP contribution in [0, 0.1) is 17.0 Å². The van der Waals surface area contributed by atoms with Gasteiger partial charge in [-0.2, -0.15) is 0 Å². The van der Waals surface area contributed by atoms with E-state index in [1.807, 2.05) is 38.1 Å². The Kier molecular flexibility index (Phi) is 6.25. The number of nitro benzene ring substituents is 1. The first kappa shape index (κ1) is 18.6. The topological polar surface area (TPSA) is 83.7 Å². The van der Waals surface area contributed by atoms with Crippen LogP contribution in [0.1, 0.15) is 29.7 Å². The van der Waals surface area contributed by atoms with Crippen molar-refractivity contribution < 1.29 is 14.8 Å². The second-order valence-electron chi connectivity index (χ2n) is 5.96. The zero-order valence-corrected chi connectivity index (χ0v) is 14.4. The number of amides is 1. The molecule has 0 spiro atoms. The summed E-state index contributed by atoms with van der Waals surface area (Å²) in [4.78, 5) is 24.3. The van der Waals surface area contributed by atoms with Crippen molar-refractivity contribution in [3.8, 4) is 0 Å². The van der Waals surface area contributed by atoms with Gasteiger partial charge in [-0.3, -0.25) is 14.9 Å². The standard InChI is InChI=1S/C19H22N2O4/c1-3-20(13-18(22)16-8-4-14(2)5-9-16)19(23)12-15-6-10-17(11-7-15)21(24)25/h4-11,18,22H,3,12-13H2,1-2H3. The van der Waals surface area contributed by atoms with Crippen molar-refractivity contribution in [2.24, 2.45) is 0 Å². The molecule has 0 aromatic heterocycles. The number of non-ortho nitro benzene ring substituents is 1. The molecule has 0 aliphatic rings. The van der Waals surface area contributed by atoms with E-state index in [4.69, 9.17) is 0 Å². The average Bonchev–Trinajstić information content (AvgIpc) is 2.60. The maximum absolute atomic E-state index is 12.5. The molecule has 0 saturated heterocycles. The van der Waals surface area contributed by atoms with Crippen molar-refractivity contribution in [2.75, 3.05) is 13.1 Å². The van der Waals surface area contributed by atoms with Gasteiger partial charge in [0.05, 0.1) is 24.0 Å². The van der Waals surface area contributed by atoms with Crippen LogP contribution in [0.3, 0.4) is 0 Å². The molecule has 2 rings (SSSR count). The highest BCUT2D eigenvalue weighted by Crippen LogP contribution is 2.17. The van der Waals surface area contributed by atoms with Gasteiger partial charge in [0.2, 0.25) is 5.91 Å². The van der Waals surface area contributed by atoms with Crippen LogP contribution >= 0.6 is 0 Å². The molecule has 1 unspecified atom stereocenters. The SMILES string of the molecule is CCN(CC(O)c1ccc(C)cc1)C(=O)Cc1ccc([N+](=O)[O-])cc1. The molecular weight excluding hydrogens is 320 g/mol. The number of aliphatic hydroxyl groups excluding tert-OH is 1. The third-order valence-corrected chi connectivity index (χ3v) is 4.09. The van der Waals surface area contributed by atoms with E-state index in [9.17, 15) is 20.0 Å². The number of nitro groups is 1. The molecule has 6 heteroatoms. The largest absolute Gasteiger partial charge is 0.387 e. The normalized spacial score (nSPS) is 11.8. The lowest BCUT2D eigenvalue weighted by Crippen LogP contribution is -2.35. The maximum Gasteiger partial charge on any atom is 0.269 e. The molecule has 0 saturated carbocycles. The number of nitrogens with zero attached hydrogens (tertiary/aromatic N) is 2. The Labute approximate surface area is 146 Å². The minimum Gasteiger partial charge on any atom is -0.387 e. The first-order valence-corrected chi connectivity index (χ1v) is 8.16. The van der Waals surface area contributed by atoms with Gasteiger partial charge in [-0.05, 0) is 25.0 Å². The predicted octanol–water partition coefficient (Wildman–Crippen LogP) is 3.03. The van der Waals surface area contributed by atoms with Gasteiger partial charge >= 0.3 is 0 Å². The summed E-state index contributed by atoms with van der Waals surface area (Å²) in [6.07, 6.45) is -0.603. The average molecular weight is 342 g/mol. The van der Waals surface area contributed by atoms with E-state index >= 15 is 0 Å². The molecule has 1 amide bonds. The Morgan fingerprint density at radius 3 is 2.28 bits per heavy atom. The van der Waals surface area contributed by atoms with E-state index in [0.29, 0.717) is 12.1 Å². The summed E-state index contributed by atoms with van der Waals surface area (Å²) in [5, 5.41) is 21.0. The van der Waals surface area contributed by atoms with Crippen LogP contribution < -0.4 is 0 Å². The second kappa shape index (κ2) is 8.39. The molecule has 25 heavy (non-hydrogen) atoms. The van der Waals surface area contributed by atoms with E-state index in [-0.39, 0.29) is 24.6 Å². The van der Waals surface area contributed by atoms with Crippen molar-refractivity contribution in [3.05, 3.63) is 75.3 Å². The summed E-state index contributed by atoms with van der Waals surface area (Å²) in [6, 6.07) is 13.5. The molecule has 1 N–H and O–H groups in total. The Hall–Kier alpha value is -2.73. The third-order valence-electron chi connectivity index (χ3n) is 4.09. The monoisotopic (exact) mass is 342 g/mol. The van der Waals surface area contributed by atoms with Crippen LogP contribution in [-0.2, 0) is 11.2 Å². The number of likely N-dealkylation sites (N-methyl/N-ethyl adjacent to an activating group) is 1. The molecule has 2 aromatic carbocycles. The minimum atomic E-state index is -0.749. The van der Waals surface area contributed by atoms with Crippen LogP contribution in [0.4, 0.5) is 5.69 Å². The summed E-state index contributed by atoms with van der Waals surface area (Å²) < 4.78 is 0. The van der Waals surface area contributed by atoms with Gasteiger partial charge in [0.25, 0.3) is 5.69 Å². The molecule has 0 aliphatic carbocycles. The number of hydrogen-bond acceptors (Lipinski definition) is 4. The fraction of sp³-hybridized carbons (Fsp3) is 0.316. The van der Waals surface area contributed by atoms with Crippen molar-refractivity contribution >= 4 is 11.6 Å². The fourth-order valence-corrected chi connectivity index (χ4v) is 2.53. The summed E-state index contributed by atoms with van der Waals surface area (Å²) >= 11 is 0. The smallest absolute Gasteiger partial charge is 0.269 e. The van der Waals surface area contributed by atoms with Gasteiger partial charge in [-0.15, -0.1) is 0 Å². The van der Waals surface area contributed by atoms with E-state index in [1.54, 1.807) is 17.0 Å². The van der Waals surface area contributed by atoms with Crippen molar-refractivity contribution in [1.29, 1.82) is 0 Å². The van der Waals surface area contributed by atoms with E-state index in [1.165, 1.54) is 12.1 Å². The Morgan fingerprint density at radius 1 is 1.16 bits per heavy atom. The first-order chi connectivity index (χ1) is 11.9. The molecule has 132 valence electrons. The van der Waals surface area contributed by atoms with Gasteiger partial charge in [0.1, 0.15) is 0 Å². The molecule has 0 heterocycles. The van der Waals surface area contributed by atoms with Gasteiger partial charge in [-0.25, -0.2) is 0 Å². The van der Waals surface area contributed by atoms with Gasteiger partial charge in [0, 0.05) is 18.7 Å². The Bertz CT molecular complexity index is 726. The summed E-state index contributed by atoms with van der Waals surface area (Å²) in [7, 11) is 0. The predicted molar refractivity (Wildman–Crippen MR) is 95.2 cm³/mol. The van der Waals surface area contributed by atoms with Crippen molar-refractivity contribution in [3.63, 3.8) is 0 Å². The zero-order valence-electron chi connectivity index (χ0n) is 14.4. The number of hydrogen-bond donors (Lipinski definition) is 1. The third kappa shape index (κ3) is 5.12. The molecule has 0 bridgehead atoms. The quantitative estimate of drug-likeness (QED) is 0.619. The van der Waals surface area contributed by atoms with Crippen LogP contribution in [0.25, 0.3) is 0 Å². The number of carbonyl (C=O) groups excluding carboxylic acids is 1. The van der Waals surface area contributed by atoms with Crippen LogP contribution in [-0.4, -0.2) is 33.9 Å². The first-order valence-electron chi connectivity index (χ1n) is 8.16. The van der Waals surface area contributed by atoms with Crippen LogP contribution in [0.15, 0.2) is 48.5 Å². The van der Waals surface area contributed by atoms with E-state index in [0.717, 1.165) is 11.1 Å². The van der Waals surface area contributed by atoms with Crippen molar-refractivity contribution in [1.82, 2.24) is 4.90 Å². The lowest BCUT2D eigenvalue weighted by atomic mass is 10.1. The second-order valence-corrected chi connectivity index (χ2v) is 5.96. The minimum absolute atomic E-state index is 0.00154. The summed E-state index contributed by atoms with van der Waals surface area (Å²) in [5.41, 5.74) is 2.59. The molecule has 0 radical (unpaired) electrons. The number of carbonyl (C=O) groups is 1. The van der Waals surface area contributed by atoms with Crippen molar-refractivity contribution in [2.45, 2.75) is 26.4 Å². The Morgan fingerprint density at radius 2 is 1.76 bits per heavy atom. The highest BCUT2D eigenvalue weighted by atomic mass is 16.6. The maximum atomic E-state index is 12.5. The number of aliphatic hydroxyl groups is 1. The highest BCUT2D eigenvalue weighted by Gasteiger charge is 2.18. The number of benzene rings is 2. The van der Waals surface area contributed by atoms with Gasteiger partial charge in [-0.1, -0.05) is 42.0 Å². The summed E-state index contributed by atoms with van der Waals surface area (Å²) in [6.45, 7) is 4.53. The van der Waals surface area contributed by atoms with Crippen LogP contribution in [0.5, 0.6) is 0 Å². The van der Waals surface area contributed by atoms with E-state index in [2.05, 4.69) is 0 Å². The molecule has 0 fully saturated rings. The number of aryl methyl sites for hydroxylation is 1. The van der Waals surface area contributed by atoms with Crippen LogP contribution in [0.2, 0.25) is 0 Å².